The zero-order valence-electron chi connectivity index (χ0n) is 7.95. The number of aromatic amines is 1. The molecule has 0 radical (unpaired) electrons. The van der Waals surface area contributed by atoms with E-state index in [2.05, 4.69) is 20.7 Å². The number of nitrogens with one attached hydrogen (secondary N) is 3. The van der Waals surface area contributed by atoms with Gasteiger partial charge in [0.25, 0.3) is 0 Å². The van der Waals surface area contributed by atoms with E-state index in [1.54, 1.807) is 0 Å². The molecule has 2 aromatic rings. The summed E-state index contributed by atoms with van der Waals surface area (Å²) in [5, 5.41) is 3.31. The third-order valence-corrected chi connectivity index (χ3v) is 2.25. The SMILES string of the molecule is NNC(=S)NCc1nc2ccccc2[nH]1. The summed E-state index contributed by atoms with van der Waals surface area (Å²) < 4.78 is 0. The van der Waals surface area contributed by atoms with E-state index in [4.69, 9.17) is 18.1 Å². The average Bonchev–Trinajstić information content (AvgIpc) is 2.68. The highest BCUT2D eigenvalue weighted by molar-refractivity contribution is 7.80. The molecule has 0 aliphatic heterocycles. The highest BCUT2D eigenvalue weighted by Crippen LogP contribution is 2.09. The Kier molecular flexibility index (Phi) is 2.79. The van der Waals surface area contributed by atoms with Crippen molar-refractivity contribution in [3.63, 3.8) is 0 Å². The fraction of sp³-hybridized carbons (Fsp3) is 0.111. The van der Waals surface area contributed by atoms with Gasteiger partial charge in [0.05, 0.1) is 17.6 Å². The van der Waals surface area contributed by atoms with E-state index < -0.39 is 0 Å². The third-order valence-electron chi connectivity index (χ3n) is 1.99. The molecule has 2 rings (SSSR count). The van der Waals surface area contributed by atoms with Gasteiger partial charge in [-0.3, -0.25) is 0 Å². The number of rotatable bonds is 2. The Hall–Kier alpha value is -1.66. The summed E-state index contributed by atoms with van der Waals surface area (Å²) in [5.41, 5.74) is 4.31. The van der Waals surface area contributed by atoms with Crippen LogP contribution in [0.1, 0.15) is 5.82 Å². The summed E-state index contributed by atoms with van der Waals surface area (Å²) >= 11 is 4.85. The van der Waals surface area contributed by atoms with Gasteiger partial charge in [-0.25, -0.2) is 10.8 Å². The maximum atomic E-state index is 5.13. The molecule has 0 saturated heterocycles. The Labute approximate surface area is 92.0 Å². The molecule has 0 aliphatic rings. The van der Waals surface area contributed by atoms with Gasteiger partial charge in [-0.05, 0) is 24.4 Å². The van der Waals surface area contributed by atoms with Gasteiger partial charge in [0.2, 0.25) is 0 Å². The number of thiocarbonyl (C=S) groups is 1. The van der Waals surface area contributed by atoms with E-state index in [0.29, 0.717) is 11.7 Å². The normalized spacial score (nSPS) is 10.2. The smallest absolute Gasteiger partial charge is 0.180 e. The number of nitrogens with two attached hydrogens (primary N) is 1. The van der Waals surface area contributed by atoms with Crippen molar-refractivity contribution in [2.45, 2.75) is 6.54 Å². The Morgan fingerprint density at radius 2 is 2.27 bits per heavy atom. The van der Waals surface area contributed by atoms with Gasteiger partial charge in [0.15, 0.2) is 5.11 Å². The molecule has 0 bridgehead atoms. The van der Waals surface area contributed by atoms with Crippen LogP contribution in [0.15, 0.2) is 24.3 Å². The summed E-state index contributed by atoms with van der Waals surface area (Å²) in [6.07, 6.45) is 0. The molecule has 1 aromatic heterocycles. The lowest BCUT2D eigenvalue weighted by Crippen LogP contribution is -2.39. The predicted octanol–water partition coefficient (Wildman–Crippen LogP) is 0.401. The number of hydrazine groups is 1. The summed E-state index contributed by atoms with van der Waals surface area (Å²) in [6.45, 7) is 0.526. The van der Waals surface area contributed by atoms with Crippen LogP contribution in [0, 0.1) is 0 Å². The van der Waals surface area contributed by atoms with Crippen LogP contribution in [-0.2, 0) is 6.54 Å². The topological polar surface area (TPSA) is 78.8 Å². The largest absolute Gasteiger partial charge is 0.354 e. The number of imidazole rings is 1. The Morgan fingerprint density at radius 1 is 1.47 bits per heavy atom. The number of H-pyrrole nitrogens is 1. The Bertz CT molecular complexity index is 445. The van der Waals surface area contributed by atoms with Gasteiger partial charge in [-0.15, -0.1) is 0 Å². The van der Waals surface area contributed by atoms with Crippen LogP contribution in [-0.4, -0.2) is 15.1 Å². The highest BCUT2D eigenvalue weighted by atomic mass is 32.1. The summed E-state index contributed by atoms with van der Waals surface area (Å²) in [4.78, 5) is 7.55. The number of hydrogen-bond donors (Lipinski definition) is 4. The van der Waals surface area contributed by atoms with Crippen LogP contribution >= 0.6 is 12.2 Å². The fourth-order valence-corrected chi connectivity index (χ4v) is 1.38. The molecular weight excluding hydrogens is 210 g/mol. The van der Waals surface area contributed by atoms with E-state index >= 15 is 0 Å². The first kappa shape index (κ1) is 9.88. The Morgan fingerprint density at radius 3 is 3.00 bits per heavy atom. The molecule has 0 atom stereocenters. The first-order valence-corrected chi connectivity index (χ1v) is 4.88. The monoisotopic (exact) mass is 221 g/mol. The van der Waals surface area contributed by atoms with Gasteiger partial charge in [-0.1, -0.05) is 12.1 Å². The van der Waals surface area contributed by atoms with Crippen molar-refractivity contribution < 1.29 is 0 Å². The lowest BCUT2D eigenvalue weighted by Gasteiger charge is -2.03. The predicted molar refractivity (Wildman–Crippen MR) is 62.9 cm³/mol. The molecule has 1 heterocycles. The van der Waals surface area contributed by atoms with E-state index in [1.165, 1.54) is 0 Å². The minimum Gasteiger partial charge on any atom is -0.354 e. The van der Waals surface area contributed by atoms with Crippen molar-refractivity contribution in [1.29, 1.82) is 0 Å². The number of benzene rings is 1. The maximum absolute atomic E-state index is 5.13. The van der Waals surface area contributed by atoms with Crippen LogP contribution in [0.2, 0.25) is 0 Å². The van der Waals surface area contributed by atoms with Gasteiger partial charge in [0.1, 0.15) is 5.82 Å². The van der Waals surface area contributed by atoms with Crippen molar-refractivity contribution >= 4 is 28.4 Å². The molecule has 6 heteroatoms. The number of nitrogens with zero attached hydrogens (tertiary/aromatic N) is 1. The molecule has 0 fully saturated rings. The summed E-state index contributed by atoms with van der Waals surface area (Å²) in [7, 11) is 0. The number of aromatic nitrogens is 2. The number of hydrogen-bond acceptors (Lipinski definition) is 3. The van der Waals surface area contributed by atoms with Crippen molar-refractivity contribution in [3.05, 3.63) is 30.1 Å². The van der Waals surface area contributed by atoms with Crippen LogP contribution in [0.25, 0.3) is 11.0 Å². The van der Waals surface area contributed by atoms with Crippen LogP contribution in [0.4, 0.5) is 0 Å². The van der Waals surface area contributed by atoms with Crippen LogP contribution in [0.5, 0.6) is 0 Å². The first-order chi connectivity index (χ1) is 7.29. The van der Waals surface area contributed by atoms with Crippen LogP contribution < -0.4 is 16.6 Å². The molecule has 5 N–H and O–H groups in total. The zero-order valence-corrected chi connectivity index (χ0v) is 8.77. The molecular formula is C9H11N5S. The first-order valence-electron chi connectivity index (χ1n) is 4.47. The van der Waals surface area contributed by atoms with Crippen molar-refractivity contribution in [1.82, 2.24) is 20.7 Å². The summed E-state index contributed by atoms with van der Waals surface area (Å²) in [5.74, 6) is 5.95. The second kappa shape index (κ2) is 4.24. The van der Waals surface area contributed by atoms with E-state index in [9.17, 15) is 0 Å². The minimum absolute atomic E-state index is 0.399. The molecule has 0 saturated carbocycles. The third kappa shape index (κ3) is 2.23. The minimum atomic E-state index is 0.399. The van der Waals surface area contributed by atoms with E-state index in [1.807, 2.05) is 24.3 Å². The standard InChI is InChI=1S/C9H11N5S/c10-14-9(15)11-5-8-12-6-3-1-2-4-7(6)13-8/h1-4H,5,10H2,(H,12,13)(H2,11,14,15). The van der Waals surface area contributed by atoms with Crippen LogP contribution in [0.3, 0.4) is 0 Å². The van der Waals surface area contributed by atoms with Crippen molar-refractivity contribution in [3.8, 4) is 0 Å². The van der Waals surface area contributed by atoms with Crippen molar-refractivity contribution in [2.24, 2.45) is 5.84 Å². The maximum Gasteiger partial charge on any atom is 0.180 e. The molecule has 0 amide bonds. The quantitative estimate of drug-likeness (QED) is 0.335. The second-order valence-corrected chi connectivity index (χ2v) is 3.44. The van der Waals surface area contributed by atoms with E-state index in [-0.39, 0.29) is 0 Å². The fourth-order valence-electron chi connectivity index (χ4n) is 1.30. The second-order valence-electron chi connectivity index (χ2n) is 3.03. The molecule has 5 nitrogen and oxygen atoms in total. The van der Waals surface area contributed by atoms with Crippen molar-refractivity contribution in [2.75, 3.05) is 0 Å². The average molecular weight is 221 g/mol. The molecule has 15 heavy (non-hydrogen) atoms. The highest BCUT2D eigenvalue weighted by Gasteiger charge is 2.01. The summed E-state index contributed by atoms with van der Waals surface area (Å²) in [6, 6.07) is 7.84. The molecule has 0 spiro atoms. The zero-order chi connectivity index (χ0) is 10.7. The molecule has 0 aliphatic carbocycles. The molecule has 1 aromatic carbocycles. The molecule has 0 unspecified atom stereocenters. The van der Waals surface area contributed by atoms with Gasteiger partial charge >= 0.3 is 0 Å². The lowest BCUT2D eigenvalue weighted by molar-refractivity contribution is 0.823. The Balaban J connectivity index is 2.12. The van der Waals surface area contributed by atoms with Gasteiger partial charge in [-0.2, -0.15) is 0 Å². The molecule has 78 valence electrons. The number of fused-ring (bicyclic) bond motifs is 1. The van der Waals surface area contributed by atoms with Gasteiger partial charge < -0.3 is 15.7 Å². The van der Waals surface area contributed by atoms with Gasteiger partial charge in [0, 0.05) is 0 Å². The lowest BCUT2D eigenvalue weighted by atomic mass is 10.3. The van der Waals surface area contributed by atoms with E-state index in [0.717, 1.165) is 16.9 Å². The number of para-hydroxylation sites is 2.